The molecule has 0 spiro atoms. The molecule has 11 heavy (non-hydrogen) atoms. The van der Waals surface area contributed by atoms with E-state index in [1.807, 2.05) is 12.1 Å². The summed E-state index contributed by atoms with van der Waals surface area (Å²) in [5, 5.41) is 17.4. The minimum atomic E-state index is -1.14. The second kappa shape index (κ2) is 2.75. The lowest BCUT2D eigenvalue weighted by Gasteiger charge is -2.21. The van der Waals surface area contributed by atoms with E-state index in [-0.39, 0.29) is 0 Å². The van der Waals surface area contributed by atoms with Crippen molar-refractivity contribution in [2.75, 3.05) is 0 Å². The fourth-order valence-corrected chi connectivity index (χ4v) is 1.18. The summed E-state index contributed by atoms with van der Waals surface area (Å²) in [5.41, 5.74) is -1.14. The fourth-order valence-electron chi connectivity index (χ4n) is 1.18. The van der Waals surface area contributed by atoms with Crippen LogP contribution in [-0.2, 0) is 4.79 Å². The molecule has 0 aromatic rings. The molecule has 1 aliphatic carbocycles. The molecule has 0 aromatic heterocycles. The van der Waals surface area contributed by atoms with Crippen molar-refractivity contribution in [3.8, 4) is 6.07 Å². The quantitative estimate of drug-likeness (QED) is 0.575. The molecule has 1 unspecified atom stereocenters. The zero-order valence-electron chi connectivity index (χ0n) is 6.08. The molecule has 0 heterocycles. The van der Waals surface area contributed by atoms with Gasteiger partial charge in [0, 0.05) is 0 Å². The predicted molar refractivity (Wildman–Crippen MR) is 38.7 cm³/mol. The summed E-state index contributed by atoms with van der Waals surface area (Å²) in [6, 6.07) is 1.87. The Hall–Kier alpha value is -1.30. The highest BCUT2D eigenvalue weighted by Crippen LogP contribution is 2.31. The Morgan fingerprint density at radius 2 is 2.36 bits per heavy atom. The summed E-state index contributed by atoms with van der Waals surface area (Å²) in [6.07, 6.45) is 5.16. The Labute approximate surface area is 64.9 Å². The van der Waals surface area contributed by atoms with Crippen LogP contribution >= 0.6 is 0 Å². The van der Waals surface area contributed by atoms with E-state index in [0.717, 1.165) is 0 Å². The van der Waals surface area contributed by atoms with E-state index in [4.69, 9.17) is 10.4 Å². The van der Waals surface area contributed by atoms with Gasteiger partial charge >= 0.3 is 5.97 Å². The Bertz CT molecular complexity index is 239. The summed E-state index contributed by atoms with van der Waals surface area (Å²) in [6.45, 7) is 0. The third-order valence-corrected chi connectivity index (χ3v) is 1.99. The third-order valence-electron chi connectivity index (χ3n) is 1.99. The molecule has 1 aliphatic rings. The summed E-state index contributed by atoms with van der Waals surface area (Å²) in [5.74, 6) is -0.996. The van der Waals surface area contributed by atoms with Gasteiger partial charge in [-0.15, -0.1) is 0 Å². The zero-order chi connectivity index (χ0) is 8.32. The van der Waals surface area contributed by atoms with Crippen LogP contribution in [0.15, 0.2) is 12.2 Å². The molecular weight excluding hydrogens is 142 g/mol. The number of allylic oxidation sites excluding steroid dienone is 2. The van der Waals surface area contributed by atoms with Crippen LogP contribution < -0.4 is 0 Å². The normalized spacial score (nSPS) is 29.4. The van der Waals surface area contributed by atoms with Crippen LogP contribution in [-0.4, -0.2) is 11.1 Å². The first kappa shape index (κ1) is 7.80. The van der Waals surface area contributed by atoms with Gasteiger partial charge in [0.05, 0.1) is 6.07 Å². The van der Waals surface area contributed by atoms with E-state index in [1.165, 1.54) is 0 Å². The highest BCUT2D eigenvalue weighted by Gasteiger charge is 2.38. The fraction of sp³-hybridized carbons (Fsp3) is 0.500. The molecule has 1 atom stereocenters. The Morgan fingerprint density at radius 1 is 1.64 bits per heavy atom. The minimum Gasteiger partial charge on any atom is -0.480 e. The van der Waals surface area contributed by atoms with Crippen molar-refractivity contribution >= 4 is 5.97 Å². The number of aliphatic carboxylic acids is 1. The van der Waals surface area contributed by atoms with Crippen LogP contribution in [0.2, 0.25) is 0 Å². The maximum Gasteiger partial charge on any atom is 0.324 e. The molecule has 0 saturated heterocycles. The molecule has 58 valence electrons. The average molecular weight is 151 g/mol. The SMILES string of the molecule is N#CC1(C(=O)O)CC=CCC1. The number of nitrogens with zero attached hydrogens (tertiary/aromatic N) is 1. The molecule has 3 nitrogen and oxygen atoms in total. The van der Waals surface area contributed by atoms with E-state index >= 15 is 0 Å². The van der Waals surface area contributed by atoms with Crippen LogP contribution in [0, 0.1) is 16.7 Å². The van der Waals surface area contributed by atoms with Gasteiger partial charge in [-0.2, -0.15) is 5.26 Å². The first-order valence-corrected chi connectivity index (χ1v) is 3.51. The van der Waals surface area contributed by atoms with Crippen LogP contribution in [0.25, 0.3) is 0 Å². The number of nitriles is 1. The van der Waals surface area contributed by atoms with Gasteiger partial charge in [0.1, 0.15) is 0 Å². The number of hydrogen-bond acceptors (Lipinski definition) is 2. The van der Waals surface area contributed by atoms with E-state index in [0.29, 0.717) is 19.3 Å². The molecule has 0 bridgehead atoms. The lowest BCUT2D eigenvalue weighted by Crippen LogP contribution is -2.29. The molecular formula is C8H9NO2. The molecule has 0 amide bonds. The highest BCUT2D eigenvalue weighted by atomic mass is 16.4. The molecule has 0 aromatic carbocycles. The molecule has 0 aliphatic heterocycles. The minimum absolute atomic E-state index is 0.346. The number of hydrogen-bond donors (Lipinski definition) is 1. The Balaban J connectivity index is 2.86. The van der Waals surface area contributed by atoms with Crippen molar-refractivity contribution in [3.05, 3.63) is 12.2 Å². The standard InChI is InChI=1S/C8H9NO2/c9-6-8(7(10)11)4-2-1-3-5-8/h1-2H,3-5H2,(H,10,11). The number of carbonyl (C=O) groups is 1. The van der Waals surface area contributed by atoms with Crippen molar-refractivity contribution in [3.63, 3.8) is 0 Å². The van der Waals surface area contributed by atoms with E-state index in [2.05, 4.69) is 0 Å². The molecule has 3 heteroatoms. The highest BCUT2D eigenvalue weighted by molar-refractivity contribution is 5.78. The smallest absolute Gasteiger partial charge is 0.324 e. The van der Waals surface area contributed by atoms with E-state index < -0.39 is 11.4 Å². The van der Waals surface area contributed by atoms with Crippen LogP contribution in [0.3, 0.4) is 0 Å². The molecule has 0 fully saturated rings. The van der Waals surface area contributed by atoms with Crippen molar-refractivity contribution < 1.29 is 9.90 Å². The molecule has 0 radical (unpaired) electrons. The summed E-state index contributed by atoms with van der Waals surface area (Å²) >= 11 is 0. The summed E-state index contributed by atoms with van der Waals surface area (Å²) < 4.78 is 0. The van der Waals surface area contributed by atoms with Crippen molar-refractivity contribution in [2.45, 2.75) is 19.3 Å². The number of carboxylic acids is 1. The van der Waals surface area contributed by atoms with E-state index in [9.17, 15) is 4.79 Å². The van der Waals surface area contributed by atoms with Gasteiger partial charge in [-0.3, -0.25) is 4.79 Å². The Kier molecular flexibility index (Phi) is 1.95. The van der Waals surface area contributed by atoms with Crippen LogP contribution in [0.4, 0.5) is 0 Å². The lowest BCUT2D eigenvalue weighted by molar-refractivity contribution is -0.145. The van der Waals surface area contributed by atoms with Gasteiger partial charge in [-0.05, 0) is 19.3 Å². The third kappa shape index (κ3) is 1.25. The zero-order valence-corrected chi connectivity index (χ0v) is 6.08. The predicted octanol–water partition coefficient (Wildman–Crippen LogP) is 1.32. The van der Waals surface area contributed by atoms with Gasteiger partial charge in [-0.25, -0.2) is 0 Å². The largest absolute Gasteiger partial charge is 0.480 e. The van der Waals surface area contributed by atoms with Crippen molar-refractivity contribution in [1.29, 1.82) is 5.26 Å². The summed E-state index contributed by atoms with van der Waals surface area (Å²) in [4.78, 5) is 10.7. The van der Waals surface area contributed by atoms with Gasteiger partial charge < -0.3 is 5.11 Å². The first-order valence-electron chi connectivity index (χ1n) is 3.51. The molecule has 1 N–H and O–H groups in total. The van der Waals surface area contributed by atoms with Gasteiger partial charge in [0.15, 0.2) is 5.41 Å². The number of carboxylic acid groups (broad SMARTS) is 1. The monoisotopic (exact) mass is 151 g/mol. The molecule has 1 rings (SSSR count). The van der Waals surface area contributed by atoms with Gasteiger partial charge in [0.2, 0.25) is 0 Å². The second-order valence-corrected chi connectivity index (χ2v) is 2.71. The molecule has 0 saturated carbocycles. The summed E-state index contributed by atoms with van der Waals surface area (Å²) in [7, 11) is 0. The first-order chi connectivity index (χ1) is 5.21. The second-order valence-electron chi connectivity index (χ2n) is 2.71. The topological polar surface area (TPSA) is 61.1 Å². The van der Waals surface area contributed by atoms with Crippen molar-refractivity contribution in [1.82, 2.24) is 0 Å². The van der Waals surface area contributed by atoms with Gasteiger partial charge in [-0.1, -0.05) is 12.2 Å². The van der Waals surface area contributed by atoms with E-state index in [1.54, 1.807) is 6.08 Å². The maximum atomic E-state index is 10.7. The Morgan fingerprint density at radius 3 is 2.64 bits per heavy atom. The average Bonchev–Trinajstić information content (AvgIpc) is 2.05. The van der Waals surface area contributed by atoms with Crippen LogP contribution in [0.1, 0.15) is 19.3 Å². The van der Waals surface area contributed by atoms with Crippen LogP contribution in [0.5, 0.6) is 0 Å². The number of rotatable bonds is 1. The lowest BCUT2D eigenvalue weighted by atomic mass is 9.78. The van der Waals surface area contributed by atoms with Gasteiger partial charge in [0.25, 0.3) is 0 Å². The maximum absolute atomic E-state index is 10.7. The van der Waals surface area contributed by atoms with Crippen molar-refractivity contribution in [2.24, 2.45) is 5.41 Å².